The van der Waals surface area contributed by atoms with Crippen LogP contribution in [0.15, 0.2) is 58.2 Å². The summed E-state index contributed by atoms with van der Waals surface area (Å²) in [5.74, 6) is 0.515. The minimum atomic E-state index is -3.52. The van der Waals surface area contributed by atoms with Gasteiger partial charge in [-0.15, -0.1) is 0 Å². The maximum atomic E-state index is 13.0. The molecule has 0 spiro atoms. The summed E-state index contributed by atoms with van der Waals surface area (Å²) in [4.78, 5) is 12.0. The lowest BCUT2D eigenvalue weighted by Crippen LogP contribution is -2.38. The SMILES string of the molecule is Cn1c(=O)sc2cc(S(=O)(=O)N3CCC(Cc4ccccc4)CC3)ccc21. The maximum Gasteiger partial charge on any atom is 0.307 e. The number of benzene rings is 2. The van der Waals surface area contributed by atoms with Gasteiger partial charge in [-0.3, -0.25) is 4.79 Å². The minimum Gasteiger partial charge on any atom is -0.302 e. The lowest BCUT2D eigenvalue weighted by atomic mass is 9.91. The van der Waals surface area contributed by atoms with E-state index in [1.54, 1.807) is 34.1 Å². The van der Waals surface area contributed by atoms with Gasteiger partial charge in [0.05, 0.1) is 15.1 Å². The molecule has 1 aliphatic heterocycles. The molecule has 0 bridgehead atoms. The number of nitrogens with zero attached hydrogens (tertiary/aromatic N) is 2. The Morgan fingerprint density at radius 2 is 1.78 bits per heavy atom. The summed E-state index contributed by atoms with van der Waals surface area (Å²) in [5, 5.41) is 0. The molecule has 0 atom stereocenters. The molecular formula is C20H22N2O3S2. The summed E-state index contributed by atoms with van der Waals surface area (Å²) in [5.41, 5.74) is 2.08. The molecule has 0 N–H and O–H groups in total. The Morgan fingerprint density at radius 3 is 2.48 bits per heavy atom. The van der Waals surface area contributed by atoms with E-state index in [0.717, 1.165) is 36.1 Å². The van der Waals surface area contributed by atoms with Crippen LogP contribution in [0, 0.1) is 5.92 Å². The van der Waals surface area contributed by atoms with Crippen LogP contribution in [-0.4, -0.2) is 30.4 Å². The molecule has 0 amide bonds. The van der Waals surface area contributed by atoms with Crippen molar-refractivity contribution in [3.8, 4) is 0 Å². The summed E-state index contributed by atoms with van der Waals surface area (Å²) in [6.07, 6.45) is 2.74. The van der Waals surface area contributed by atoms with Gasteiger partial charge in [-0.25, -0.2) is 8.42 Å². The number of aromatic nitrogens is 1. The highest BCUT2D eigenvalue weighted by Gasteiger charge is 2.29. The zero-order valence-electron chi connectivity index (χ0n) is 15.2. The number of aryl methyl sites for hydroxylation is 1. The third-order valence-corrected chi connectivity index (χ3v) is 8.23. The molecule has 5 nitrogen and oxygen atoms in total. The molecule has 27 heavy (non-hydrogen) atoms. The average molecular weight is 403 g/mol. The summed E-state index contributed by atoms with van der Waals surface area (Å²) in [6.45, 7) is 1.09. The van der Waals surface area contributed by atoms with Gasteiger partial charge >= 0.3 is 4.87 Å². The van der Waals surface area contributed by atoms with E-state index < -0.39 is 10.0 Å². The van der Waals surface area contributed by atoms with Crippen LogP contribution in [0.2, 0.25) is 0 Å². The minimum absolute atomic E-state index is 0.0822. The molecule has 0 aliphatic carbocycles. The van der Waals surface area contributed by atoms with Gasteiger partial charge in [-0.2, -0.15) is 4.31 Å². The second kappa shape index (κ2) is 7.22. The fraction of sp³-hybridized carbons (Fsp3) is 0.350. The second-order valence-corrected chi connectivity index (χ2v) is 10.0. The van der Waals surface area contributed by atoms with Crippen LogP contribution in [-0.2, 0) is 23.5 Å². The summed E-state index contributed by atoms with van der Waals surface area (Å²) in [7, 11) is -1.82. The number of thiazole rings is 1. The molecule has 0 saturated carbocycles. The highest BCUT2D eigenvalue weighted by atomic mass is 32.2. The topological polar surface area (TPSA) is 59.4 Å². The van der Waals surface area contributed by atoms with Crippen LogP contribution in [0.5, 0.6) is 0 Å². The third-order valence-electron chi connectivity index (χ3n) is 5.34. The van der Waals surface area contributed by atoms with Crippen molar-refractivity contribution in [3.63, 3.8) is 0 Å². The molecule has 4 rings (SSSR count). The van der Waals surface area contributed by atoms with Gasteiger partial charge in [-0.1, -0.05) is 41.7 Å². The van der Waals surface area contributed by atoms with E-state index in [1.807, 2.05) is 18.2 Å². The molecule has 0 unspecified atom stereocenters. The van der Waals surface area contributed by atoms with Crippen LogP contribution < -0.4 is 4.87 Å². The van der Waals surface area contributed by atoms with E-state index >= 15 is 0 Å². The molecule has 1 aromatic heterocycles. The first-order valence-electron chi connectivity index (χ1n) is 9.09. The molecule has 1 saturated heterocycles. The molecule has 1 aliphatic rings. The molecule has 142 valence electrons. The van der Waals surface area contributed by atoms with Crippen LogP contribution in [0.1, 0.15) is 18.4 Å². The largest absolute Gasteiger partial charge is 0.307 e. The summed E-state index contributed by atoms with van der Waals surface area (Å²) in [6, 6.07) is 15.3. The smallest absolute Gasteiger partial charge is 0.302 e. The van der Waals surface area contributed by atoms with Crippen LogP contribution in [0.4, 0.5) is 0 Å². The zero-order valence-corrected chi connectivity index (χ0v) is 16.8. The van der Waals surface area contributed by atoms with Crippen LogP contribution in [0.3, 0.4) is 0 Å². The van der Waals surface area contributed by atoms with Gasteiger partial charge in [0.15, 0.2) is 0 Å². The lowest BCUT2D eigenvalue weighted by molar-refractivity contribution is 0.273. The third kappa shape index (κ3) is 3.59. The standard InChI is InChI=1S/C20H22N2O3S2/c1-21-18-8-7-17(14-19(18)26-20(21)23)27(24,25)22-11-9-16(10-12-22)13-15-5-3-2-4-6-15/h2-8,14,16H,9-13H2,1H3. The molecule has 1 fully saturated rings. The van der Waals surface area contributed by atoms with Crippen molar-refractivity contribution in [2.45, 2.75) is 24.2 Å². The molecule has 2 heterocycles. The van der Waals surface area contributed by atoms with E-state index in [0.29, 0.717) is 23.7 Å². The van der Waals surface area contributed by atoms with Crippen molar-refractivity contribution >= 4 is 31.6 Å². The highest BCUT2D eigenvalue weighted by molar-refractivity contribution is 7.89. The van der Waals surface area contributed by atoms with Gasteiger partial charge < -0.3 is 4.57 Å². The Hall–Kier alpha value is -1.96. The first-order chi connectivity index (χ1) is 12.9. The Morgan fingerprint density at radius 1 is 1.07 bits per heavy atom. The van der Waals surface area contributed by atoms with Crippen molar-refractivity contribution < 1.29 is 8.42 Å². The number of sulfonamides is 1. The number of piperidine rings is 1. The zero-order chi connectivity index (χ0) is 19.0. The van der Waals surface area contributed by atoms with Gasteiger partial charge in [0.2, 0.25) is 10.0 Å². The number of rotatable bonds is 4. The van der Waals surface area contributed by atoms with Crippen molar-refractivity contribution in [2.75, 3.05) is 13.1 Å². The molecule has 3 aromatic rings. The van der Waals surface area contributed by atoms with E-state index in [-0.39, 0.29) is 9.77 Å². The van der Waals surface area contributed by atoms with Crippen molar-refractivity contribution in [1.29, 1.82) is 0 Å². The van der Waals surface area contributed by atoms with Crippen molar-refractivity contribution in [1.82, 2.24) is 8.87 Å². The monoisotopic (exact) mass is 402 g/mol. The Kier molecular flexibility index (Phi) is 4.92. The fourth-order valence-corrected chi connectivity index (χ4v) is 6.21. The van der Waals surface area contributed by atoms with E-state index in [2.05, 4.69) is 12.1 Å². The predicted octanol–water partition coefficient (Wildman–Crippen LogP) is 3.24. The van der Waals surface area contributed by atoms with E-state index in [4.69, 9.17) is 0 Å². The molecular weight excluding hydrogens is 380 g/mol. The Bertz CT molecular complexity index is 1110. The van der Waals surface area contributed by atoms with Crippen molar-refractivity contribution in [3.05, 3.63) is 63.8 Å². The Labute approximate surface area is 162 Å². The van der Waals surface area contributed by atoms with Gasteiger partial charge in [0, 0.05) is 20.1 Å². The molecule has 7 heteroatoms. The quantitative estimate of drug-likeness (QED) is 0.673. The molecule has 0 radical (unpaired) electrons. The molecule has 2 aromatic carbocycles. The lowest BCUT2D eigenvalue weighted by Gasteiger charge is -2.31. The van der Waals surface area contributed by atoms with E-state index in [9.17, 15) is 13.2 Å². The first kappa shape index (κ1) is 18.4. The predicted molar refractivity (Wildman–Crippen MR) is 109 cm³/mol. The van der Waals surface area contributed by atoms with Gasteiger partial charge in [0.1, 0.15) is 0 Å². The first-order valence-corrected chi connectivity index (χ1v) is 11.3. The highest BCUT2D eigenvalue weighted by Crippen LogP contribution is 2.28. The number of hydrogen-bond donors (Lipinski definition) is 0. The van der Waals surface area contributed by atoms with Crippen LogP contribution in [0.25, 0.3) is 10.2 Å². The van der Waals surface area contributed by atoms with Crippen molar-refractivity contribution in [2.24, 2.45) is 13.0 Å². The average Bonchev–Trinajstić information content (AvgIpc) is 2.96. The van der Waals surface area contributed by atoms with Crippen LogP contribution >= 0.6 is 11.3 Å². The number of hydrogen-bond acceptors (Lipinski definition) is 4. The maximum absolute atomic E-state index is 13.0. The van der Waals surface area contributed by atoms with Gasteiger partial charge in [-0.05, 0) is 48.9 Å². The summed E-state index contributed by atoms with van der Waals surface area (Å²) >= 11 is 1.08. The van der Waals surface area contributed by atoms with Gasteiger partial charge in [0.25, 0.3) is 0 Å². The number of fused-ring (bicyclic) bond motifs is 1. The normalized spacial score (nSPS) is 16.8. The second-order valence-electron chi connectivity index (χ2n) is 7.09. The Balaban J connectivity index is 1.49. The van der Waals surface area contributed by atoms with E-state index in [1.165, 1.54) is 5.56 Å². The summed E-state index contributed by atoms with van der Waals surface area (Å²) < 4.78 is 29.9. The fourth-order valence-electron chi connectivity index (χ4n) is 3.72.